The summed E-state index contributed by atoms with van der Waals surface area (Å²) in [7, 11) is -4.52. The average Bonchev–Trinajstić information content (AvgIpc) is 2.74. The van der Waals surface area contributed by atoms with Crippen molar-refractivity contribution in [3.8, 4) is 11.5 Å². The third kappa shape index (κ3) is 3.36. The number of phenols is 2. The summed E-state index contributed by atoms with van der Waals surface area (Å²) in [6.07, 6.45) is -4.67. The minimum absolute atomic E-state index is 0.0118. The number of hydrogen-bond acceptors (Lipinski definition) is 6. The summed E-state index contributed by atoms with van der Waals surface area (Å²) in [6, 6.07) is 9.24. The zero-order valence-corrected chi connectivity index (χ0v) is 16.6. The van der Waals surface area contributed by atoms with Crippen LogP contribution in [0.3, 0.4) is 0 Å². The zero-order valence-electron chi connectivity index (χ0n) is 15.8. The van der Waals surface area contributed by atoms with Crippen molar-refractivity contribution in [1.82, 2.24) is 0 Å². The first-order valence-corrected chi connectivity index (χ1v) is 10.4. The molecule has 0 heterocycles. The molecule has 1 aliphatic carbocycles. The molecule has 0 aromatic heterocycles. The number of carbonyl (C=O) groups excluding carboxylic acids is 2. The lowest BCUT2D eigenvalue weighted by Gasteiger charge is -2.20. The van der Waals surface area contributed by atoms with Crippen LogP contribution < -0.4 is 4.72 Å². The summed E-state index contributed by atoms with van der Waals surface area (Å²) in [4.78, 5) is 25.0. The van der Waals surface area contributed by atoms with E-state index in [1.165, 1.54) is 24.3 Å². The van der Waals surface area contributed by atoms with Gasteiger partial charge in [0, 0.05) is 16.7 Å². The first kappa shape index (κ1) is 21.4. The standard InChI is InChI=1S/C21H12F3NO6S/c22-21(23,24)10-5-7-11(8-6-10)32(30,31)25-15-9-14-16(20(29)19(15)28)18(27)13-4-2-1-3-12(13)17(14)26/h1-9,25,28-29H. The zero-order chi connectivity index (χ0) is 23.4. The number of nitrogens with one attached hydrogen (secondary N) is 1. The monoisotopic (exact) mass is 463 g/mol. The molecule has 3 aromatic carbocycles. The number of rotatable bonds is 3. The summed E-state index contributed by atoms with van der Waals surface area (Å²) in [5.74, 6) is -3.43. The fraction of sp³-hybridized carbons (Fsp3) is 0.0476. The van der Waals surface area contributed by atoms with E-state index in [4.69, 9.17) is 0 Å². The Morgan fingerprint density at radius 2 is 1.34 bits per heavy atom. The van der Waals surface area contributed by atoms with Gasteiger partial charge in [0.25, 0.3) is 10.0 Å². The molecule has 11 heteroatoms. The molecule has 3 N–H and O–H groups in total. The van der Waals surface area contributed by atoms with Gasteiger partial charge in [0.1, 0.15) is 0 Å². The van der Waals surface area contributed by atoms with Crippen LogP contribution in [0.5, 0.6) is 11.5 Å². The fourth-order valence-corrected chi connectivity index (χ4v) is 4.39. The highest BCUT2D eigenvalue weighted by Crippen LogP contribution is 2.43. The number of fused-ring (bicyclic) bond motifs is 2. The predicted molar refractivity (Wildman–Crippen MR) is 105 cm³/mol. The van der Waals surface area contributed by atoms with Crippen LogP contribution in [0.1, 0.15) is 37.4 Å². The number of hydrogen-bond donors (Lipinski definition) is 3. The molecule has 0 fully saturated rings. The summed E-state index contributed by atoms with van der Waals surface area (Å²) in [6.45, 7) is 0. The van der Waals surface area contributed by atoms with Crippen molar-refractivity contribution in [3.05, 3.63) is 82.4 Å². The van der Waals surface area contributed by atoms with E-state index in [9.17, 15) is 41.4 Å². The highest BCUT2D eigenvalue weighted by Gasteiger charge is 2.35. The molecule has 0 unspecified atom stereocenters. The average molecular weight is 463 g/mol. The Kier molecular flexibility index (Phi) is 4.74. The molecular weight excluding hydrogens is 451 g/mol. The summed E-state index contributed by atoms with van der Waals surface area (Å²) >= 11 is 0. The third-order valence-electron chi connectivity index (χ3n) is 4.90. The maximum Gasteiger partial charge on any atom is 0.416 e. The van der Waals surface area contributed by atoms with E-state index in [1.54, 1.807) is 0 Å². The van der Waals surface area contributed by atoms with Crippen molar-refractivity contribution in [2.45, 2.75) is 11.1 Å². The minimum atomic E-state index is -4.67. The van der Waals surface area contributed by atoms with Crippen LogP contribution in [0.25, 0.3) is 0 Å². The van der Waals surface area contributed by atoms with E-state index in [-0.39, 0.29) is 16.7 Å². The van der Waals surface area contributed by atoms with Crippen molar-refractivity contribution < 1.29 is 41.4 Å². The van der Waals surface area contributed by atoms with Gasteiger partial charge in [-0.05, 0) is 30.3 Å². The first-order chi connectivity index (χ1) is 14.9. The van der Waals surface area contributed by atoms with Crippen molar-refractivity contribution >= 4 is 27.3 Å². The van der Waals surface area contributed by atoms with E-state index < -0.39 is 61.0 Å². The highest BCUT2D eigenvalue weighted by molar-refractivity contribution is 7.92. The SMILES string of the molecule is O=C1c2ccccc2C(=O)c2c1cc(NS(=O)(=O)c1ccc(C(F)(F)F)cc1)c(O)c2O. The molecule has 1 aliphatic rings. The molecular formula is C21H12F3NO6S. The molecule has 0 amide bonds. The molecule has 0 saturated heterocycles. The van der Waals surface area contributed by atoms with Crippen molar-refractivity contribution in [2.24, 2.45) is 0 Å². The lowest BCUT2D eigenvalue weighted by atomic mass is 9.83. The summed E-state index contributed by atoms with van der Waals surface area (Å²) in [5, 5.41) is 20.6. The molecule has 0 saturated carbocycles. The number of alkyl halides is 3. The number of sulfonamides is 1. The lowest BCUT2D eigenvalue weighted by Crippen LogP contribution is -2.22. The van der Waals surface area contributed by atoms with E-state index in [0.717, 1.165) is 6.07 Å². The number of carbonyl (C=O) groups is 2. The van der Waals surface area contributed by atoms with Crippen LogP contribution in [0.2, 0.25) is 0 Å². The van der Waals surface area contributed by atoms with Gasteiger partial charge in [-0.25, -0.2) is 8.42 Å². The number of ketones is 2. The third-order valence-corrected chi connectivity index (χ3v) is 6.28. The predicted octanol–water partition coefficient (Wildman–Crippen LogP) is 3.69. The Bertz CT molecular complexity index is 1400. The van der Waals surface area contributed by atoms with Crippen LogP contribution in [-0.2, 0) is 16.2 Å². The van der Waals surface area contributed by atoms with Gasteiger partial charge in [-0.1, -0.05) is 24.3 Å². The Hall–Kier alpha value is -3.86. The Balaban J connectivity index is 1.77. The number of phenolic OH excluding ortho intramolecular Hbond substituents is 2. The van der Waals surface area contributed by atoms with Gasteiger partial charge < -0.3 is 10.2 Å². The smallest absolute Gasteiger partial charge is 0.416 e. The number of anilines is 1. The molecule has 0 radical (unpaired) electrons. The maximum absolute atomic E-state index is 12.8. The molecule has 7 nitrogen and oxygen atoms in total. The first-order valence-electron chi connectivity index (χ1n) is 8.89. The Morgan fingerprint density at radius 1 is 0.781 bits per heavy atom. The minimum Gasteiger partial charge on any atom is -0.504 e. The van der Waals surface area contributed by atoms with Gasteiger partial charge in [-0.3, -0.25) is 14.3 Å². The van der Waals surface area contributed by atoms with Crippen LogP contribution in [-0.4, -0.2) is 30.2 Å². The van der Waals surface area contributed by atoms with Gasteiger partial charge in [0.2, 0.25) is 0 Å². The van der Waals surface area contributed by atoms with E-state index >= 15 is 0 Å². The molecule has 0 bridgehead atoms. The van der Waals surface area contributed by atoms with Crippen LogP contribution >= 0.6 is 0 Å². The van der Waals surface area contributed by atoms with Crippen LogP contribution in [0.15, 0.2) is 59.5 Å². The second kappa shape index (κ2) is 7.09. The highest BCUT2D eigenvalue weighted by atomic mass is 32.2. The van der Waals surface area contributed by atoms with Gasteiger partial charge >= 0.3 is 6.18 Å². The second-order valence-electron chi connectivity index (χ2n) is 6.88. The van der Waals surface area contributed by atoms with E-state index in [2.05, 4.69) is 0 Å². The van der Waals surface area contributed by atoms with Gasteiger partial charge in [0.05, 0.1) is 21.7 Å². The van der Waals surface area contributed by atoms with Crippen LogP contribution in [0.4, 0.5) is 18.9 Å². The molecule has 164 valence electrons. The van der Waals surface area contributed by atoms with Gasteiger partial charge in [-0.2, -0.15) is 13.2 Å². The van der Waals surface area contributed by atoms with Gasteiger partial charge in [-0.15, -0.1) is 0 Å². The molecule has 0 spiro atoms. The van der Waals surface area contributed by atoms with Crippen LogP contribution in [0, 0.1) is 0 Å². The molecule has 0 atom stereocenters. The number of halogens is 3. The second-order valence-corrected chi connectivity index (χ2v) is 8.56. The Labute approximate surface area is 178 Å². The number of aromatic hydroxyl groups is 2. The van der Waals surface area contributed by atoms with E-state index in [0.29, 0.717) is 24.3 Å². The molecule has 3 aromatic rings. The van der Waals surface area contributed by atoms with Crippen molar-refractivity contribution in [2.75, 3.05) is 4.72 Å². The van der Waals surface area contributed by atoms with Crippen molar-refractivity contribution in [1.29, 1.82) is 0 Å². The lowest BCUT2D eigenvalue weighted by molar-refractivity contribution is -0.137. The largest absolute Gasteiger partial charge is 0.504 e. The quantitative estimate of drug-likeness (QED) is 0.399. The molecule has 32 heavy (non-hydrogen) atoms. The van der Waals surface area contributed by atoms with Crippen molar-refractivity contribution in [3.63, 3.8) is 0 Å². The van der Waals surface area contributed by atoms with Gasteiger partial charge in [0.15, 0.2) is 23.1 Å². The summed E-state index contributed by atoms with van der Waals surface area (Å²) in [5.41, 5.74) is -2.46. The Morgan fingerprint density at radius 3 is 1.91 bits per heavy atom. The molecule has 0 aliphatic heterocycles. The normalized spacial score (nSPS) is 13.5. The van der Waals surface area contributed by atoms with E-state index in [1.807, 2.05) is 4.72 Å². The fourth-order valence-electron chi connectivity index (χ4n) is 3.33. The molecule has 4 rings (SSSR count). The number of benzene rings is 3. The maximum atomic E-state index is 12.8. The topological polar surface area (TPSA) is 121 Å². The summed E-state index contributed by atoms with van der Waals surface area (Å²) < 4.78 is 65.3.